The quantitative estimate of drug-likeness (QED) is 0.899. The fourth-order valence-electron chi connectivity index (χ4n) is 3.10. The van der Waals surface area contributed by atoms with Crippen LogP contribution in [-0.2, 0) is 6.54 Å². The molecule has 2 aromatic rings. The molecule has 3 rings (SSSR count). The van der Waals surface area contributed by atoms with Gasteiger partial charge in [0, 0.05) is 38.4 Å². The second-order valence-corrected chi connectivity index (χ2v) is 6.79. The predicted molar refractivity (Wildman–Crippen MR) is 96.4 cm³/mol. The molecule has 25 heavy (non-hydrogen) atoms. The SMILES string of the molecule is CC(C)CN1CCN(C(=O)NCc2nncn2-c2ccccc2)CC1. The second-order valence-electron chi connectivity index (χ2n) is 6.79. The number of amides is 2. The van der Waals surface area contributed by atoms with Gasteiger partial charge in [0.1, 0.15) is 6.33 Å². The first-order valence-corrected chi connectivity index (χ1v) is 8.83. The van der Waals surface area contributed by atoms with Gasteiger partial charge in [-0.15, -0.1) is 10.2 Å². The number of para-hydroxylation sites is 1. The van der Waals surface area contributed by atoms with Crippen LogP contribution in [-0.4, -0.2) is 63.3 Å². The van der Waals surface area contributed by atoms with Crippen LogP contribution in [0.5, 0.6) is 0 Å². The van der Waals surface area contributed by atoms with Crippen molar-refractivity contribution in [1.82, 2.24) is 29.9 Å². The molecule has 7 heteroatoms. The molecule has 0 aliphatic carbocycles. The Morgan fingerprint density at radius 2 is 1.88 bits per heavy atom. The van der Waals surface area contributed by atoms with Crippen molar-refractivity contribution in [2.75, 3.05) is 32.7 Å². The largest absolute Gasteiger partial charge is 0.331 e. The lowest BCUT2D eigenvalue weighted by atomic mass is 10.2. The molecule has 7 nitrogen and oxygen atoms in total. The number of urea groups is 1. The third kappa shape index (κ3) is 4.57. The molecule has 2 heterocycles. The molecule has 1 saturated heterocycles. The van der Waals surface area contributed by atoms with Crippen LogP contribution in [0.3, 0.4) is 0 Å². The number of hydrogen-bond donors (Lipinski definition) is 1. The molecule has 0 radical (unpaired) electrons. The molecule has 1 aromatic carbocycles. The van der Waals surface area contributed by atoms with E-state index in [-0.39, 0.29) is 6.03 Å². The summed E-state index contributed by atoms with van der Waals surface area (Å²) in [6.07, 6.45) is 1.67. The number of carbonyl (C=O) groups is 1. The van der Waals surface area contributed by atoms with Gasteiger partial charge in [0.15, 0.2) is 5.82 Å². The summed E-state index contributed by atoms with van der Waals surface area (Å²) >= 11 is 0. The van der Waals surface area contributed by atoms with Crippen molar-refractivity contribution in [1.29, 1.82) is 0 Å². The van der Waals surface area contributed by atoms with Crippen LogP contribution < -0.4 is 5.32 Å². The smallest absolute Gasteiger partial charge is 0.317 e. The Kier molecular flexibility index (Phi) is 5.65. The molecule has 1 N–H and O–H groups in total. The van der Waals surface area contributed by atoms with Crippen molar-refractivity contribution in [3.63, 3.8) is 0 Å². The van der Waals surface area contributed by atoms with Crippen molar-refractivity contribution in [2.24, 2.45) is 5.92 Å². The molecule has 0 atom stereocenters. The van der Waals surface area contributed by atoms with Crippen molar-refractivity contribution < 1.29 is 4.79 Å². The average Bonchev–Trinajstić information content (AvgIpc) is 3.09. The van der Waals surface area contributed by atoms with Gasteiger partial charge in [-0.25, -0.2) is 4.79 Å². The Morgan fingerprint density at radius 1 is 1.16 bits per heavy atom. The number of benzene rings is 1. The summed E-state index contributed by atoms with van der Waals surface area (Å²) in [7, 11) is 0. The van der Waals surface area contributed by atoms with E-state index in [0.717, 1.165) is 44.2 Å². The highest BCUT2D eigenvalue weighted by Crippen LogP contribution is 2.09. The van der Waals surface area contributed by atoms with Gasteiger partial charge < -0.3 is 10.2 Å². The lowest BCUT2D eigenvalue weighted by molar-refractivity contribution is 0.131. The molecule has 134 valence electrons. The lowest BCUT2D eigenvalue weighted by Crippen LogP contribution is -2.52. The summed E-state index contributed by atoms with van der Waals surface area (Å²) in [5, 5.41) is 11.1. The van der Waals surface area contributed by atoms with Crippen LogP contribution >= 0.6 is 0 Å². The van der Waals surface area contributed by atoms with Crippen molar-refractivity contribution in [3.8, 4) is 5.69 Å². The van der Waals surface area contributed by atoms with E-state index >= 15 is 0 Å². The van der Waals surface area contributed by atoms with E-state index in [1.807, 2.05) is 39.8 Å². The van der Waals surface area contributed by atoms with Gasteiger partial charge in [0.05, 0.1) is 6.54 Å². The maximum Gasteiger partial charge on any atom is 0.317 e. The first-order valence-electron chi connectivity index (χ1n) is 8.83. The molecule has 1 aliphatic heterocycles. The molecule has 1 aromatic heterocycles. The van der Waals surface area contributed by atoms with Crippen LogP contribution in [0.25, 0.3) is 5.69 Å². The Hall–Kier alpha value is -2.41. The molecule has 0 spiro atoms. The van der Waals surface area contributed by atoms with E-state index in [9.17, 15) is 4.79 Å². The highest BCUT2D eigenvalue weighted by molar-refractivity contribution is 5.74. The number of nitrogens with one attached hydrogen (secondary N) is 1. The highest BCUT2D eigenvalue weighted by atomic mass is 16.2. The zero-order valence-electron chi connectivity index (χ0n) is 14.9. The van der Waals surface area contributed by atoms with Gasteiger partial charge in [0.2, 0.25) is 0 Å². The molecule has 0 saturated carbocycles. The van der Waals surface area contributed by atoms with Crippen molar-refractivity contribution in [3.05, 3.63) is 42.5 Å². The number of nitrogens with zero attached hydrogens (tertiary/aromatic N) is 5. The summed E-state index contributed by atoms with van der Waals surface area (Å²) in [5.41, 5.74) is 0.985. The highest BCUT2D eigenvalue weighted by Gasteiger charge is 2.21. The summed E-state index contributed by atoms with van der Waals surface area (Å²) in [6, 6.07) is 9.84. The zero-order chi connectivity index (χ0) is 17.6. The monoisotopic (exact) mass is 342 g/mol. The number of rotatable bonds is 5. The number of aromatic nitrogens is 3. The first kappa shape index (κ1) is 17.4. The van der Waals surface area contributed by atoms with Crippen LogP contribution in [0.2, 0.25) is 0 Å². The van der Waals surface area contributed by atoms with Gasteiger partial charge >= 0.3 is 6.03 Å². The summed E-state index contributed by atoms with van der Waals surface area (Å²) in [6.45, 7) is 9.31. The Bertz CT molecular complexity index is 676. The average molecular weight is 342 g/mol. The van der Waals surface area contributed by atoms with E-state index < -0.39 is 0 Å². The lowest BCUT2D eigenvalue weighted by Gasteiger charge is -2.35. The fourth-order valence-corrected chi connectivity index (χ4v) is 3.10. The third-order valence-electron chi connectivity index (χ3n) is 4.33. The molecular formula is C18H26N6O. The molecule has 1 fully saturated rings. The summed E-state index contributed by atoms with van der Waals surface area (Å²) in [5.74, 6) is 1.38. The van der Waals surface area contributed by atoms with E-state index in [0.29, 0.717) is 12.5 Å². The van der Waals surface area contributed by atoms with Crippen LogP contribution in [0.15, 0.2) is 36.7 Å². The number of hydrogen-bond acceptors (Lipinski definition) is 4. The summed E-state index contributed by atoms with van der Waals surface area (Å²) < 4.78 is 1.89. The fraction of sp³-hybridized carbons (Fsp3) is 0.500. The molecule has 2 amide bonds. The van der Waals surface area contributed by atoms with Gasteiger partial charge in [-0.2, -0.15) is 0 Å². The van der Waals surface area contributed by atoms with Crippen molar-refractivity contribution in [2.45, 2.75) is 20.4 Å². The van der Waals surface area contributed by atoms with E-state index in [2.05, 4.69) is 34.3 Å². The van der Waals surface area contributed by atoms with Gasteiger partial charge in [-0.1, -0.05) is 32.0 Å². The summed E-state index contributed by atoms with van der Waals surface area (Å²) in [4.78, 5) is 16.7. The maximum atomic E-state index is 12.4. The van der Waals surface area contributed by atoms with Gasteiger partial charge in [-0.05, 0) is 18.1 Å². The van der Waals surface area contributed by atoms with Crippen LogP contribution in [0.1, 0.15) is 19.7 Å². The Labute approximate surface area is 148 Å². The molecular weight excluding hydrogens is 316 g/mol. The standard InChI is InChI=1S/C18H26N6O/c1-15(2)13-22-8-10-23(11-9-22)18(25)19-12-17-21-20-14-24(17)16-6-4-3-5-7-16/h3-7,14-15H,8-13H2,1-2H3,(H,19,25). The first-order chi connectivity index (χ1) is 12.1. The van der Waals surface area contributed by atoms with Crippen molar-refractivity contribution >= 4 is 6.03 Å². The van der Waals surface area contributed by atoms with E-state index in [1.54, 1.807) is 6.33 Å². The minimum Gasteiger partial charge on any atom is -0.331 e. The number of carbonyl (C=O) groups excluding carboxylic acids is 1. The van der Waals surface area contributed by atoms with E-state index in [4.69, 9.17) is 0 Å². The van der Waals surface area contributed by atoms with E-state index in [1.165, 1.54) is 0 Å². The topological polar surface area (TPSA) is 66.3 Å². The number of piperazine rings is 1. The Morgan fingerprint density at radius 3 is 2.56 bits per heavy atom. The second kappa shape index (κ2) is 8.11. The van der Waals surface area contributed by atoms with Gasteiger partial charge in [-0.3, -0.25) is 9.47 Å². The van der Waals surface area contributed by atoms with Crippen LogP contribution in [0.4, 0.5) is 4.79 Å². The van der Waals surface area contributed by atoms with Gasteiger partial charge in [0.25, 0.3) is 0 Å². The molecule has 1 aliphatic rings. The minimum atomic E-state index is -0.0354. The zero-order valence-corrected chi connectivity index (χ0v) is 14.9. The minimum absolute atomic E-state index is 0.0354. The molecule has 0 bridgehead atoms. The maximum absolute atomic E-state index is 12.4. The Balaban J connectivity index is 1.52. The predicted octanol–water partition coefficient (Wildman–Crippen LogP) is 1.75. The third-order valence-corrected chi connectivity index (χ3v) is 4.33. The van der Waals surface area contributed by atoms with Crippen LogP contribution in [0, 0.1) is 5.92 Å². The normalized spacial score (nSPS) is 15.6. The molecule has 0 unspecified atom stereocenters.